The van der Waals surface area contributed by atoms with Crippen molar-refractivity contribution >= 4 is 5.91 Å². The fraction of sp³-hybridized carbons (Fsp3) is 0.350. The fourth-order valence-electron chi connectivity index (χ4n) is 3.75. The average molecular weight is 308 g/mol. The largest absolute Gasteiger partial charge is 0.330 e. The van der Waals surface area contributed by atoms with Gasteiger partial charge in [0.05, 0.1) is 0 Å². The van der Waals surface area contributed by atoms with Crippen LogP contribution in [-0.4, -0.2) is 23.4 Å². The van der Waals surface area contributed by atoms with E-state index in [1.807, 2.05) is 41.3 Å². The molecule has 1 amide bonds. The summed E-state index contributed by atoms with van der Waals surface area (Å²) < 4.78 is 0. The first-order chi connectivity index (χ1) is 11.1. The summed E-state index contributed by atoms with van der Waals surface area (Å²) in [6, 6.07) is 18.2. The normalized spacial score (nSPS) is 20.7. The van der Waals surface area contributed by atoms with Crippen molar-refractivity contribution in [2.75, 3.05) is 6.54 Å². The molecule has 0 aliphatic carbocycles. The molecule has 23 heavy (non-hydrogen) atoms. The highest BCUT2D eigenvalue weighted by Gasteiger charge is 2.40. The number of nitrogens with zero attached hydrogens (tertiary/aromatic N) is 1. The Hall–Kier alpha value is -2.13. The smallest absolute Gasteiger partial charge is 0.254 e. The molecule has 0 saturated carbocycles. The second-order valence-electron chi connectivity index (χ2n) is 6.58. The van der Waals surface area contributed by atoms with Gasteiger partial charge in [0.25, 0.3) is 5.91 Å². The SMILES string of the molecule is CC(C)[C@H]1[C@H](CN)c2ccccc2C(=O)N1Cc1ccccc1. The predicted octanol–water partition coefficient (Wildman–Crippen LogP) is 3.41. The van der Waals surface area contributed by atoms with E-state index >= 15 is 0 Å². The average Bonchev–Trinajstić information content (AvgIpc) is 2.57. The molecule has 2 aromatic carbocycles. The molecule has 1 aliphatic rings. The molecular weight excluding hydrogens is 284 g/mol. The van der Waals surface area contributed by atoms with Crippen molar-refractivity contribution in [1.82, 2.24) is 4.90 Å². The van der Waals surface area contributed by atoms with Crippen LogP contribution in [0.1, 0.15) is 41.3 Å². The molecule has 0 fully saturated rings. The Morgan fingerprint density at radius 1 is 1.04 bits per heavy atom. The zero-order chi connectivity index (χ0) is 16.4. The topological polar surface area (TPSA) is 46.3 Å². The molecule has 1 heterocycles. The van der Waals surface area contributed by atoms with E-state index in [1.54, 1.807) is 0 Å². The van der Waals surface area contributed by atoms with Crippen LogP contribution in [0.3, 0.4) is 0 Å². The Morgan fingerprint density at radius 3 is 2.35 bits per heavy atom. The molecule has 0 spiro atoms. The first-order valence-electron chi connectivity index (χ1n) is 8.27. The van der Waals surface area contributed by atoms with Gasteiger partial charge in [0.2, 0.25) is 0 Å². The number of fused-ring (bicyclic) bond motifs is 1. The summed E-state index contributed by atoms with van der Waals surface area (Å²) in [5, 5.41) is 0. The maximum Gasteiger partial charge on any atom is 0.254 e. The maximum absolute atomic E-state index is 13.1. The van der Waals surface area contributed by atoms with E-state index in [2.05, 4.69) is 32.0 Å². The summed E-state index contributed by atoms with van der Waals surface area (Å²) in [6.07, 6.45) is 0. The van der Waals surface area contributed by atoms with Gasteiger partial charge in [-0.25, -0.2) is 0 Å². The highest BCUT2D eigenvalue weighted by atomic mass is 16.2. The molecule has 2 aromatic rings. The van der Waals surface area contributed by atoms with E-state index in [-0.39, 0.29) is 17.9 Å². The second kappa shape index (κ2) is 6.55. The van der Waals surface area contributed by atoms with Crippen molar-refractivity contribution in [3.05, 3.63) is 71.3 Å². The van der Waals surface area contributed by atoms with Crippen molar-refractivity contribution in [3.63, 3.8) is 0 Å². The van der Waals surface area contributed by atoms with Gasteiger partial charge in [-0.05, 0) is 23.1 Å². The molecule has 3 nitrogen and oxygen atoms in total. The van der Waals surface area contributed by atoms with E-state index in [1.165, 1.54) is 0 Å². The first-order valence-corrected chi connectivity index (χ1v) is 8.27. The van der Waals surface area contributed by atoms with E-state index in [0.717, 1.165) is 16.7 Å². The summed E-state index contributed by atoms with van der Waals surface area (Å²) in [7, 11) is 0. The zero-order valence-corrected chi connectivity index (χ0v) is 13.8. The number of hydrogen-bond donors (Lipinski definition) is 1. The highest BCUT2D eigenvalue weighted by molar-refractivity contribution is 5.97. The van der Waals surface area contributed by atoms with Crippen LogP contribution in [0.15, 0.2) is 54.6 Å². The van der Waals surface area contributed by atoms with E-state index in [4.69, 9.17) is 5.73 Å². The lowest BCUT2D eigenvalue weighted by Crippen LogP contribution is -2.51. The molecule has 0 aromatic heterocycles. The Kier molecular flexibility index (Phi) is 4.49. The monoisotopic (exact) mass is 308 g/mol. The molecule has 0 radical (unpaired) electrons. The standard InChI is InChI=1S/C20H24N2O/c1-14(2)19-18(12-21)16-10-6-7-11-17(16)20(23)22(19)13-15-8-4-3-5-9-15/h3-11,14,18-19H,12-13,21H2,1-2H3/t18-,19+/m1/s1. The number of benzene rings is 2. The van der Waals surface area contributed by atoms with Crippen LogP contribution < -0.4 is 5.73 Å². The van der Waals surface area contributed by atoms with Gasteiger partial charge in [0.1, 0.15) is 0 Å². The van der Waals surface area contributed by atoms with Crippen LogP contribution in [0.5, 0.6) is 0 Å². The van der Waals surface area contributed by atoms with Gasteiger partial charge in [0.15, 0.2) is 0 Å². The third-order valence-corrected chi connectivity index (χ3v) is 4.76. The summed E-state index contributed by atoms with van der Waals surface area (Å²) >= 11 is 0. The molecule has 0 bridgehead atoms. The van der Waals surface area contributed by atoms with Gasteiger partial charge in [-0.2, -0.15) is 0 Å². The van der Waals surface area contributed by atoms with Crippen molar-refractivity contribution < 1.29 is 4.79 Å². The Labute approximate surface area is 138 Å². The lowest BCUT2D eigenvalue weighted by Gasteiger charge is -2.44. The van der Waals surface area contributed by atoms with Crippen molar-refractivity contribution in [3.8, 4) is 0 Å². The summed E-state index contributed by atoms with van der Waals surface area (Å²) in [6.45, 7) is 5.53. The van der Waals surface area contributed by atoms with Gasteiger partial charge in [0, 0.05) is 30.6 Å². The van der Waals surface area contributed by atoms with Gasteiger partial charge in [-0.15, -0.1) is 0 Å². The number of carbonyl (C=O) groups excluding carboxylic acids is 1. The molecule has 120 valence electrons. The fourth-order valence-corrected chi connectivity index (χ4v) is 3.75. The molecule has 3 heteroatoms. The van der Waals surface area contributed by atoms with Crippen LogP contribution in [0.2, 0.25) is 0 Å². The lowest BCUT2D eigenvalue weighted by molar-refractivity contribution is 0.0519. The van der Waals surface area contributed by atoms with Crippen molar-refractivity contribution in [1.29, 1.82) is 0 Å². The first kappa shape index (κ1) is 15.8. The number of nitrogens with two attached hydrogens (primary N) is 1. The highest BCUT2D eigenvalue weighted by Crippen LogP contribution is 2.37. The Bertz CT molecular complexity index is 681. The third-order valence-electron chi connectivity index (χ3n) is 4.76. The third kappa shape index (κ3) is 2.89. The van der Waals surface area contributed by atoms with Crippen LogP contribution >= 0.6 is 0 Å². The number of amides is 1. The summed E-state index contributed by atoms with van der Waals surface area (Å²) in [5.74, 6) is 0.657. The van der Waals surface area contributed by atoms with E-state index in [0.29, 0.717) is 19.0 Å². The molecule has 1 aliphatic heterocycles. The minimum atomic E-state index is 0.118. The lowest BCUT2D eigenvalue weighted by atomic mass is 9.78. The zero-order valence-electron chi connectivity index (χ0n) is 13.8. The Balaban J connectivity index is 2.04. The van der Waals surface area contributed by atoms with Gasteiger partial charge >= 0.3 is 0 Å². The number of hydrogen-bond acceptors (Lipinski definition) is 2. The number of rotatable bonds is 4. The second-order valence-corrected chi connectivity index (χ2v) is 6.58. The van der Waals surface area contributed by atoms with Gasteiger partial charge in [-0.3, -0.25) is 4.79 Å². The van der Waals surface area contributed by atoms with Crippen molar-refractivity contribution in [2.24, 2.45) is 11.7 Å². The van der Waals surface area contributed by atoms with E-state index in [9.17, 15) is 4.79 Å². The summed E-state index contributed by atoms with van der Waals surface area (Å²) in [4.78, 5) is 15.1. The predicted molar refractivity (Wildman–Crippen MR) is 93.2 cm³/mol. The minimum Gasteiger partial charge on any atom is -0.330 e. The van der Waals surface area contributed by atoms with Crippen molar-refractivity contribution in [2.45, 2.75) is 32.4 Å². The Morgan fingerprint density at radius 2 is 1.70 bits per heavy atom. The van der Waals surface area contributed by atoms with Crippen LogP contribution in [0, 0.1) is 5.92 Å². The molecule has 3 rings (SSSR count). The quantitative estimate of drug-likeness (QED) is 0.941. The number of carbonyl (C=O) groups is 1. The molecule has 2 N–H and O–H groups in total. The molecular formula is C20H24N2O. The maximum atomic E-state index is 13.1. The van der Waals surface area contributed by atoms with Crippen LogP contribution in [-0.2, 0) is 6.54 Å². The van der Waals surface area contributed by atoms with Crippen LogP contribution in [0.25, 0.3) is 0 Å². The minimum absolute atomic E-state index is 0.118. The van der Waals surface area contributed by atoms with Gasteiger partial charge in [-0.1, -0.05) is 62.4 Å². The van der Waals surface area contributed by atoms with E-state index < -0.39 is 0 Å². The molecule has 2 atom stereocenters. The van der Waals surface area contributed by atoms with Crippen LogP contribution in [0.4, 0.5) is 0 Å². The summed E-state index contributed by atoms with van der Waals surface area (Å²) in [5.41, 5.74) is 9.17. The molecule has 0 saturated heterocycles. The van der Waals surface area contributed by atoms with Gasteiger partial charge < -0.3 is 10.6 Å². The molecule has 0 unspecified atom stereocenters.